The fourth-order valence-corrected chi connectivity index (χ4v) is 3.40. The first kappa shape index (κ1) is 27.1. The number of carbonyl (C=O) groups is 3. The Hall–Kier alpha value is -4.52. The summed E-state index contributed by atoms with van der Waals surface area (Å²) in [7, 11) is 1.50. The zero-order chi connectivity index (χ0) is 26.8. The van der Waals surface area contributed by atoms with E-state index in [1.165, 1.54) is 13.3 Å². The summed E-state index contributed by atoms with van der Waals surface area (Å²) in [5.41, 5.74) is 0.839. The van der Waals surface area contributed by atoms with Crippen LogP contribution in [0.3, 0.4) is 0 Å². The molecule has 0 aliphatic rings. The lowest BCUT2D eigenvalue weighted by atomic mass is 10.1. The lowest BCUT2D eigenvalue weighted by Crippen LogP contribution is -2.31. The minimum Gasteiger partial charge on any atom is -0.495 e. The largest absolute Gasteiger partial charge is 0.495 e. The molecule has 0 fully saturated rings. The van der Waals surface area contributed by atoms with Crippen molar-refractivity contribution >= 4 is 41.2 Å². The molecule has 1 aromatic carbocycles. The standard InChI is InChI=1S/C23H24ClN7O6/c1-37-17-5-3-13(9-15(17)24)10-27-20-14(21(34)28-12-18-25-7-2-8-26-18)11-29-23(31-20)30-16(22(35)36)4-6-19(32)33/h2-3,5,7-9,11,16H,4,6,10,12H2,1H3,(H,28,34)(H,32,33)(H,35,36)(H2,27,29,30,31)/t16-/m0/s1. The van der Waals surface area contributed by atoms with E-state index in [1.807, 2.05) is 0 Å². The minimum absolute atomic E-state index is 0.0590. The molecule has 3 aromatic rings. The molecule has 2 aromatic heterocycles. The van der Waals surface area contributed by atoms with Gasteiger partial charge in [-0.1, -0.05) is 17.7 Å². The number of halogens is 1. The third-order valence-electron chi connectivity index (χ3n) is 4.98. The Morgan fingerprint density at radius 2 is 1.86 bits per heavy atom. The normalized spacial score (nSPS) is 11.3. The van der Waals surface area contributed by atoms with Crippen LogP contribution in [0.25, 0.3) is 0 Å². The number of rotatable bonds is 13. The van der Waals surface area contributed by atoms with Crippen molar-refractivity contribution in [3.05, 3.63) is 64.8 Å². The molecule has 0 aliphatic carbocycles. The van der Waals surface area contributed by atoms with Gasteiger partial charge in [0.25, 0.3) is 5.91 Å². The van der Waals surface area contributed by atoms with E-state index in [1.54, 1.807) is 36.7 Å². The predicted molar refractivity (Wildman–Crippen MR) is 132 cm³/mol. The van der Waals surface area contributed by atoms with Crippen LogP contribution in [0, 0.1) is 0 Å². The van der Waals surface area contributed by atoms with Crippen LogP contribution < -0.4 is 20.7 Å². The number of benzene rings is 1. The highest BCUT2D eigenvalue weighted by molar-refractivity contribution is 6.32. The minimum atomic E-state index is -1.27. The Morgan fingerprint density at radius 1 is 1.11 bits per heavy atom. The van der Waals surface area contributed by atoms with Gasteiger partial charge in [0.15, 0.2) is 0 Å². The number of ether oxygens (including phenoxy) is 1. The maximum Gasteiger partial charge on any atom is 0.326 e. The molecule has 0 aliphatic heterocycles. The van der Waals surface area contributed by atoms with Crippen LogP contribution in [0.2, 0.25) is 5.02 Å². The van der Waals surface area contributed by atoms with Crippen LogP contribution in [-0.2, 0) is 22.7 Å². The topological polar surface area (TPSA) is 189 Å². The summed E-state index contributed by atoms with van der Waals surface area (Å²) in [6, 6.07) is 5.56. The summed E-state index contributed by atoms with van der Waals surface area (Å²) in [6.07, 6.45) is 3.77. The number of aliphatic carboxylic acids is 2. The summed E-state index contributed by atoms with van der Waals surface area (Å²) in [5.74, 6) is -2.01. The molecule has 14 heteroatoms. The molecule has 0 saturated heterocycles. The monoisotopic (exact) mass is 529 g/mol. The van der Waals surface area contributed by atoms with Crippen LogP contribution in [0.5, 0.6) is 5.75 Å². The zero-order valence-corrected chi connectivity index (χ0v) is 20.4. The van der Waals surface area contributed by atoms with Gasteiger partial charge in [-0.3, -0.25) is 9.59 Å². The molecular formula is C23H24ClN7O6. The maximum absolute atomic E-state index is 12.9. The second-order valence-electron chi connectivity index (χ2n) is 7.59. The van der Waals surface area contributed by atoms with Gasteiger partial charge in [-0.05, 0) is 30.2 Å². The first-order valence-corrected chi connectivity index (χ1v) is 11.3. The smallest absolute Gasteiger partial charge is 0.326 e. The highest BCUT2D eigenvalue weighted by Gasteiger charge is 2.21. The van der Waals surface area contributed by atoms with Crippen molar-refractivity contribution in [3.8, 4) is 5.75 Å². The second kappa shape index (κ2) is 13.0. The van der Waals surface area contributed by atoms with Crippen molar-refractivity contribution in [2.24, 2.45) is 0 Å². The number of carboxylic acid groups (broad SMARTS) is 2. The number of carbonyl (C=O) groups excluding carboxylic acids is 1. The fourth-order valence-electron chi connectivity index (χ4n) is 3.11. The average Bonchev–Trinajstić information content (AvgIpc) is 2.89. The summed E-state index contributed by atoms with van der Waals surface area (Å²) in [4.78, 5) is 51.8. The Labute approximate surface area is 216 Å². The predicted octanol–water partition coefficient (Wildman–Crippen LogP) is 2.20. The van der Waals surface area contributed by atoms with Crippen molar-refractivity contribution in [1.29, 1.82) is 0 Å². The van der Waals surface area contributed by atoms with E-state index in [0.29, 0.717) is 16.6 Å². The molecule has 13 nitrogen and oxygen atoms in total. The van der Waals surface area contributed by atoms with Gasteiger partial charge in [-0.15, -0.1) is 0 Å². The number of hydrogen-bond acceptors (Lipinski definition) is 10. The summed E-state index contributed by atoms with van der Waals surface area (Å²) < 4.78 is 5.15. The Kier molecular flexibility index (Phi) is 9.49. The SMILES string of the molecule is COc1ccc(CNc2nc(N[C@@H](CCC(=O)O)C(=O)O)ncc2C(=O)NCc2ncccn2)cc1Cl. The lowest BCUT2D eigenvalue weighted by Gasteiger charge is -2.16. The van der Waals surface area contributed by atoms with Crippen LogP contribution in [0.1, 0.15) is 34.6 Å². The van der Waals surface area contributed by atoms with Crippen molar-refractivity contribution in [2.75, 3.05) is 17.7 Å². The van der Waals surface area contributed by atoms with Gasteiger partial charge in [0, 0.05) is 31.6 Å². The first-order chi connectivity index (χ1) is 17.8. The van der Waals surface area contributed by atoms with Gasteiger partial charge >= 0.3 is 11.9 Å². The molecule has 3 rings (SSSR count). The number of aromatic nitrogens is 4. The van der Waals surface area contributed by atoms with Crippen LogP contribution >= 0.6 is 11.6 Å². The number of carboxylic acids is 2. The number of anilines is 2. The molecular weight excluding hydrogens is 506 g/mol. The molecule has 5 N–H and O–H groups in total. The number of nitrogens with zero attached hydrogens (tertiary/aromatic N) is 4. The lowest BCUT2D eigenvalue weighted by molar-refractivity contribution is -0.139. The van der Waals surface area contributed by atoms with E-state index in [4.69, 9.17) is 21.4 Å². The van der Waals surface area contributed by atoms with Gasteiger partial charge < -0.3 is 30.9 Å². The van der Waals surface area contributed by atoms with Crippen molar-refractivity contribution in [2.45, 2.75) is 32.0 Å². The Bertz CT molecular complexity index is 1260. The maximum atomic E-state index is 12.9. The van der Waals surface area contributed by atoms with Crippen molar-refractivity contribution in [3.63, 3.8) is 0 Å². The molecule has 0 spiro atoms. The number of methoxy groups -OCH3 is 1. The van der Waals surface area contributed by atoms with E-state index < -0.39 is 23.9 Å². The Balaban J connectivity index is 1.83. The van der Waals surface area contributed by atoms with E-state index in [9.17, 15) is 19.5 Å². The van der Waals surface area contributed by atoms with Crippen LogP contribution in [-0.4, -0.2) is 61.1 Å². The molecule has 194 valence electrons. The van der Waals surface area contributed by atoms with Crippen LogP contribution in [0.15, 0.2) is 42.9 Å². The van der Waals surface area contributed by atoms with Gasteiger partial charge in [-0.25, -0.2) is 19.7 Å². The van der Waals surface area contributed by atoms with Crippen molar-refractivity contribution < 1.29 is 29.3 Å². The molecule has 2 heterocycles. The summed E-state index contributed by atoms with van der Waals surface area (Å²) >= 11 is 6.19. The summed E-state index contributed by atoms with van der Waals surface area (Å²) in [6.45, 7) is 0.271. The van der Waals surface area contributed by atoms with Gasteiger partial charge in [0.2, 0.25) is 5.95 Å². The van der Waals surface area contributed by atoms with Gasteiger partial charge in [0.05, 0.1) is 18.7 Å². The van der Waals surface area contributed by atoms with Gasteiger partial charge in [-0.2, -0.15) is 4.98 Å². The zero-order valence-electron chi connectivity index (χ0n) is 19.6. The van der Waals surface area contributed by atoms with Crippen molar-refractivity contribution in [1.82, 2.24) is 25.3 Å². The number of nitrogens with one attached hydrogen (secondary N) is 3. The van der Waals surface area contributed by atoms with Crippen LogP contribution in [0.4, 0.5) is 11.8 Å². The Morgan fingerprint density at radius 3 is 2.51 bits per heavy atom. The van der Waals surface area contributed by atoms with E-state index in [2.05, 4.69) is 35.9 Å². The average molecular weight is 530 g/mol. The van der Waals surface area contributed by atoms with E-state index >= 15 is 0 Å². The quantitative estimate of drug-likeness (QED) is 0.217. The highest BCUT2D eigenvalue weighted by Crippen LogP contribution is 2.25. The molecule has 0 bridgehead atoms. The fraction of sp³-hybridized carbons (Fsp3) is 0.261. The highest BCUT2D eigenvalue weighted by atomic mass is 35.5. The molecule has 0 unspecified atom stereocenters. The molecule has 1 amide bonds. The third kappa shape index (κ3) is 8.00. The molecule has 0 radical (unpaired) electrons. The molecule has 37 heavy (non-hydrogen) atoms. The molecule has 1 atom stereocenters. The van der Waals surface area contributed by atoms with E-state index in [0.717, 1.165) is 5.56 Å². The van der Waals surface area contributed by atoms with Gasteiger partial charge in [0.1, 0.15) is 29.0 Å². The van der Waals surface area contributed by atoms with E-state index in [-0.39, 0.29) is 43.3 Å². The second-order valence-corrected chi connectivity index (χ2v) is 8.00. The third-order valence-corrected chi connectivity index (χ3v) is 5.28. The summed E-state index contributed by atoms with van der Waals surface area (Å²) in [5, 5.41) is 27.1. The molecule has 0 saturated carbocycles. The number of hydrogen-bond donors (Lipinski definition) is 5. The number of amides is 1. The first-order valence-electron chi connectivity index (χ1n) is 11.0.